The van der Waals surface area contributed by atoms with Crippen molar-refractivity contribution in [3.05, 3.63) is 0 Å². The lowest BCUT2D eigenvalue weighted by Gasteiger charge is -2.28. The zero-order chi connectivity index (χ0) is 10.6. The van der Waals surface area contributed by atoms with Gasteiger partial charge in [-0.25, -0.2) is 0 Å². The summed E-state index contributed by atoms with van der Waals surface area (Å²) in [7, 11) is -1.98. The van der Waals surface area contributed by atoms with E-state index in [0.717, 1.165) is 5.92 Å². The quantitative estimate of drug-likeness (QED) is 0.674. The summed E-state index contributed by atoms with van der Waals surface area (Å²) >= 11 is 0. The number of hydrogen-bond donors (Lipinski definition) is 0. The van der Waals surface area contributed by atoms with Crippen molar-refractivity contribution in [1.29, 1.82) is 0 Å². The van der Waals surface area contributed by atoms with Gasteiger partial charge in [0.15, 0.2) is 0 Å². The van der Waals surface area contributed by atoms with E-state index in [1.54, 1.807) is 13.3 Å². The van der Waals surface area contributed by atoms with Crippen LogP contribution in [0, 0.1) is 5.92 Å². The van der Waals surface area contributed by atoms with E-state index in [9.17, 15) is 4.57 Å². The van der Waals surface area contributed by atoms with Crippen LogP contribution in [0.15, 0.2) is 0 Å². The second kappa shape index (κ2) is 5.32. The molecule has 84 valence electrons. The average Bonchev–Trinajstić information content (AvgIpc) is 2.14. The molecule has 1 aliphatic rings. The molecule has 0 amide bonds. The van der Waals surface area contributed by atoms with Gasteiger partial charge in [-0.3, -0.25) is 0 Å². The summed E-state index contributed by atoms with van der Waals surface area (Å²) in [6, 6.07) is 0. The van der Waals surface area contributed by atoms with Gasteiger partial charge >= 0.3 is 0 Å². The van der Waals surface area contributed by atoms with Crippen molar-refractivity contribution >= 4 is 7.14 Å². The van der Waals surface area contributed by atoms with E-state index in [0.29, 0.717) is 12.5 Å². The lowest BCUT2D eigenvalue weighted by Crippen LogP contribution is -2.21. The third-order valence-electron chi connectivity index (χ3n) is 2.99. The topological polar surface area (TPSA) is 26.3 Å². The molecular weight excluding hydrogens is 195 g/mol. The minimum Gasteiger partial charge on any atom is -0.371 e. The normalized spacial score (nSPS) is 29.1. The molecule has 1 rings (SSSR count). The maximum absolute atomic E-state index is 11.5. The molecule has 0 aromatic heterocycles. The van der Waals surface area contributed by atoms with Crippen LogP contribution in [-0.4, -0.2) is 25.8 Å². The molecule has 2 nitrogen and oxygen atoms in total. The van der Waals surface area contributed by atoms with Crippen LogP contribution in [0.4, 0.5) is 0 Å². The molecule has 0 N–H and O–H groups in total. The first-order chi connectivity index (χ1) is 6.51. The van der Waals surface area contributed by atoms with Gasteiger partial charge in [0, 0.05) is 0 Å². The van der Waals surface area contributed by atoms with E-state index in [-0.39, 0.29) is 0 Å². The Labute approximate surface area is 87.8 Å². The Bertz CT molecular complexity index is 201. The molecule has 0 bridgehead atoms. The zero-order valence-electron chi connectivity index (χ0n) is 9.66. The van der Waals surface area contributed by atoms with Crippen LogP contribution in [0.1, 0.15) is 39.0 Å². The van der Waals surface area contributed by atoms with Crippen LogP contribution in [0.2, 0.25) is 0 Å². The van der Waals surface area contributed by atoms with Crippen LogP contribution in [-0.2, 0) is 9.30 Å². The van der Waals surface area contributed by atoms with Crippen molar-refractivity contribution in [2.75, 3.05) is 19.7 Å². The van der Waals surface area contributed by atoms with Crippen LogP contribution in [0.25, 0.3) is 0 Å². The van der Waals surface area contributed by atoms with Gasteiger partial charge in [0.25, 0.3) is 0 Å². The summed E-state index contributed by atoms with van der Waals surface area (Å²) in [6.45, 7) is 5.85. The monoisotopic (exact) mass is 218 g/mol. The third kappa shape index (κ3) is 4.61. The molecule has 0 unspecified atom stereocenters. The largest absolute Gasteiger partial charge is 0.371 e. The molecule has 1 saturated carbocycles. The van der Waals surface area contributed by atoms with Crippen LogP contribution < -0.4 is 0 Å². The maximum atomic E-state index is 11.5. The molecule has 1 fully saturated rings. The van der Waals surface area contributed by atoms with Gasteiger partial charge < -0.3 is 9.30 Å². The smallest absolute Gasteiger partial charge is 0.106 e. The summed E-state index contributed by atoms with van der Waals surface area (Å²) in [5, 5.41) is 0. The van der Waals surface area contributed by atoms with E-state index >= 15 is 0 Å². The number of rotatable bonds is 4. The number of hydrogen-bond acceptors (Lipinski definition) is 2. The molecule has 14 heavy (non-hydrogen) atoms. The van der Waals surface area contributed by atoms with Gasteiger partial charge in [-0.1, -0.05) is 13.3 Å². The van der Waals surface area contributed by atoms with Crippen LogP contribution in [0.3, 0.4) is 0 Å². The molecule has 3 heteroatoms. The first kappa shape index (κ1) is 12.3. The molecule has 0 atom stereocenters. The minimum absolute atomic E-state index is 0.381. The Morgan fingerprint density at radius 1 is 1.21 bits per heavy atom. The predicted molar refractivity (Wildman–Crippen MR) is 61.4 cm³/mol. The lowest BCUT2D eigenvalue weighted by molar-refractivity contribution is 0.0432. The van der Waals surface area contributed by atoms with E-state index in [2.05, 4.69) is 6.92 Å². The number of ether oxygens (including phenoxy) is 1. The Kier molecular flexibility index (Phi) is 4.66. The Hall–Kier alpha value is 0.190. The second-order valence-corrected chi connectivity index (χ2v) is 8.33. The summed E-state index contributed by atoms with van der Waals surface area (Å²) in [6.07, 6.45) is 7.06. The first-order valence-corrected chi connectivity index (χ1v) is 8.45. The van der Waals surface area contributed by atoms with Crippen LogP contribution in [0.5, 0.6) is 0 Å². The van der Waals surface area contributed by atoms with E-state index in [1.807, 2.05) is 0 Å². The van der Waals surface area contributed by atoms with Crippen molar-refractivity contribution in [2.24, 2.45) is 5.92 Å². The molecule has 0 saturated heterocycles. The fourth-order valence-electron chi connectivity index (χ4n) is 1.99. The minimum atomic E-state index is -1.98. The highest BCUT2D eigenvalue weighted by Gasteiger charge is 2.21. The van der Waals surface area contributed by atoms with Crippen molar-refractivity contribution in [3.63, 3.8) is 0 Å². The summed E-state index contributed by atoms with van der Waals surface area (Å²) in [5.41, 5.74) is 0. The van der Waals surface area contributed by atoms with Crippen molar-refractivity contribution in [2.45, 2.75) is 45.1 Å². The van der Waals surface area contributed by atoms with Crippen molar-refractivity contribution < 1.29 is 9.30 Å². The SMILES string of the molecule is CCC1CCC(OCP(C)(C)=O)CC1. The van der Waals surface area contributed by atoms with Crippen molar-refractivity contribution in [3.8, 4) is 0 Å². The summed E-state index contributed by atoms with van der Waals surface area (Å²) in [4.78, 5) is 0. The molecule has 0 spiro atoms. The lowest BCUT2D eigenvalue weighted by atomic mass is 9.86. The van der Waals surface area contributed by atoms with Gasteiger partial charge in [0.05, 0.1) is 12.5 Å². The molecule has 0 radical (unpaired) electrons. The highest BCUT2D eigenvalue weighted by molar-refractivity contribution is 7.62. The van der Waals surface area contributed by atoms with E-state index in [4.69, 9.17) is 4.74 Å². The highest BCUT2D eigenvalue weighted by Crippen LogP contribution is 2.37. The van der Waals surface area contributed by atoms with E-state index < -0.39 is 7.14 Å². The van der Waals surface area contributed by atoms with Gasteiger partial charge in [-0.05, 0) is 44.9 Å². The van der Waals surface area contributed by atoms with Crippen LogP contribution >= 0.6 is 7.14 Å². The fourth-order valence-corrected chi connectivity index (χ4v) is 2.56. The van der Waals surface area contributed by atoms with Crippen molar-refractivity contribution in [1.82, 2.24) is 0 Å². The Morgan fingerprint density at radius 2 is 1.79 bits per heavy atom. The standard InChI is InChI=1S/C11H23O2P/c1-4-10-5-7-11(8-6-10)13-9-14(2,3)12/h10-11H,4-9H2,1-3H3. The predicted octanol–water partition coefficient (Wildman–Crippen LogP) is 3.55. The van der Waals surface area contributed by atoms with E-state index in [1.165, 1.54) is 32.1 Å². The first-order valence-electron chi connectivity index (χ1n) is 5.67. The molecule has 0 aliphatic heterocycles. The van der Waals surface area contributed by atoms with Gasteiger partial charge in [0.1, 0.15) is 7.14 Å². The average molecular weight is 218 g/mol. The second-order valence-electron chi connectivity index (χ2n) is 4.92. The summed E-state index contributed by atoms with van der Waals surface area (Å²) < 4.78 is 17.1. The molecule has 0 aromatic carbocycles. The zero-order valence-corrected chi connectivity index (χ0v) is 10.6. The molecule has 0 aromatic rings. The molecular formula is C11H23O2P. The highest BCUT2D eigenvalue weighted by atomic mass is 31.2. The maximum Gasteiger partial charge on any atom is 0.106 e. The Morgan fingerprint density at radius 3 is 2.21 bits per heavy atom. The molecule has 0 heterocycles. The Balaban J connectivity index is 2.19. The van der Waals surface area contributed by atoms with Gasteiger partial charge in [0.2, 0.25) is 0 Å². The fraction of sp³-hybridized carbons (Fsp3) is 1.00. The third-order valence-corrected chi connectivity index (χ3v) is 3.76. The van der Waals surface area contributed by atoms with Gasteiger partial charge in [-0.2, -0.15) is 0 Å². The molecule has 1 aliphatic carbocycles. The van der Waals surface area contributed by atoms with Gasteiger partial charge in [-0.15, -0.1) is 0 Å². The summed E-state index contributed by atoms with van der Waals surface area (Å²) in [5.74, 6) is 0.907.